The fraction of sp³-hybridized carbons (Fsp3) is 0.533. The lowest BCUT2D eigenvalue weighted by atomic mass is 10.0. The van der Waals surface area contributed by atoms with Crippen LogP contribution in [0.25, 0.3) is 0 Å². The van der Waals surface area contributed by atoms with E-state index in [4.69, 9.17) is 6.42 Å². The third-order valence-corrected chi connectivity index (χ3v) is 2.87. The number of nitrogens with zero attached hydrogens (tertiary/aromatic N) is 1. The first-order valence-electron chi connectivity index (χ1n) is 6.42. The molecule has 2 nitrogen and oxygen atoms in total. The van der Waals surface area contributed by atoms with Crippen LogP contribution in [-0.2, 0) is 6.42 Å². The van der Waals surface area contributed by atoms with E-state index in [2.05, 4.69) is 29.2 Å². The largest absolute Gasteiger partial charge is 0.314 e. The maximum absolute atomic E-state index is 5.28. The van der Waals surface area contributed by atoms with Crippen molar-refractivity contribution in [2.45, 2.75) is 45.1 Å². The van der Waals surface area contributed by atoms with Crippen LogP contribution in [0.2, 0.25) is 0 Å². The van der Waals surface area contributed by atoms with E-state index < -0.39 is 0 Å². The lowest BCUT2D eigenvalue weighted by Crippen LogP contribution is -2.29. The molecule has 1 atom stereocenters. The quantitative estimate of drug-likeness (QED) is 0.548. The molecule has 0 aliphatic rings. The van der Waals surface area contributed by atoms with E-state index in [9.17, 15) is 0 Å². The molecule has 0 amide bonds. The van der Waals surface area contributed by atoms with Gasteiger partial charge in [0.05, 0.1) is 0 Å². The summed E-state index contributed by atoms with van der Waals surface area (Å²) in [5.41, 5.74) is 1.31. The first-order valence-corrected chi connectivity index (χ1v) is 6.42. The molecule has 0 aliphatic carbocycles. The Kier molecular flexibility index (Phi) is 7.09. The molecule has 1 heterocycles. The van der Waals surface area contributed by atoms with Crippen molar-refractivity contribution in [2.75, 3.05) is 6.54 Å². The normalized spacial score (nSPS) is 12.0. The molecule has 0 bridgehead atoms. The number of nitrogens with one attached hydrogen (secondary N) is 1. The molecule has 92 valence electrons. The van der Waals surface area contributed by atoms with Crippen LogP contribution in [0, 0.1) is 12.3 Å². The zero-order valence-electron chi connectivity index (χ0n) is 10.7. The molecule has 2 heteroatoms. The molecule has 0 radical (unpaired) electrons. The Labute approximate surface area is 105 Å². The third kappa shape index (κ3) is 6.09. The van der Waals surface area contributed by atoms with Gasteiger partial charge in [-0.05, 0) is 43.9 Å². The van der Waals surface area contributed by atoms with Crippen molar-refractivity contribution in [1.82, 2.24) is 10.3 Å². The zero-order valence-corrected chi connectivity index (χ0v) is 10.7. The van der Waals surface area contributed by atoms with Crippen LogP contribution in [0.1, 0.15) is 38.2 Å². The molecule has 17 heavy (non-hydrogen) atoms. The molecular formula is C15H22N2. The van der Waals surface area contributed by atoms with Gasteiger partial charge in [0.15, 0.2) is 0 Å². The van der Waals surface area contributed by atoms with E-state index in [-0.39, 0.29) is 0 Å². The summed E-state index contributed by atoms with van der Waals surface area (Å²) in [7, 11) is 0. The lowest BCUT2D eigenvalue weighted by Gasteiger charge is -2.17. The molecule has 0 fully saturated rings. The Bertz CT molecular complexity index is 327. The fourth-order valence-electron chi connectivity index (χ4n) is 1.97. The molecule has 1 aromatic heterocycles. The van der Waals surface area contributed by atoms with E-state index >= 15 is 0 Å². The average Bonchev–Trinajstić information content (AvgIpc) is 2.37. The minimum absolute atomic E-state index is 0.577. The number of aryl methyl sites for hydroxylation is 1. The Morgan fingerprint density at radius 2 is 2.35 bits per heavy atom. The Morgan fingerprint density at radius 3 is 3.00 bits per heavy atom. The van der Waals surface area contributed by atoms with Gasteiger partial charge in [-0.3, -0.25) is 4.98 Å². The van der Waals surface area contributed by atoms with Gasteiger partial charge in [-0.2, -0.15) is 0 Å². The molecule has 0 aliphatic heterocycles. The highest BCUT2D eigenvalue weighted by atomic mass is 14.9. The first kappa shape index (κ1) is 13.7. The maximum Gasteiger partial charge on any atom is 0.0299 e. The molecule has 0 aromatic carbocycles. The van der Waals surface area contributed by atoms with E-state index in [1.807, 2.05) is 18.5 Å². The van der Waals surface area contributed by atoms with Crippen LogP contribution < -0.4 is 5.32 Å². The van der Waals surface area contributed by atoms with Gasteiger partial charge in [-0.1, -0.05) is 13.0 Å². The Balaban J connectivity index is 2.31. The van der Waals surface area contributed by atoms with Gasteiger partial charge in [0.2, 0.25) is 0 Å². The number of terminal acetylenes is 1. The van der Waals surface area contributed by atoms with Gasteiger partial charge in [0, 0.05) is 24.9 Å². The standard InChI is InChI=1S/C15H22N2/c1-3-5-6-9-15(17-4-2)11-10-14-8-7-12-16-13-14/h1,7-8,12-13,15,17H,4-6,9-11H2,2H3. The van der Waals surface area contributed by atoms with Crippen molar-refractivity contribution < 1.29 is 0 Å². The predicted molar refractivity (Wildman–Crippen MR) is 72.7 cm³/mol. The van der Waals surface area contributed by atoms with Gasteiger partial charge in [0.25, 0.3) is 0 Å². The molecule has 0 saturated heterocycles. The molecule has 1 unspecified atom stereocenters. The summed E-state index contributed by atoms with van der Waals surface area (Å²) in [6, 6.07) is 4.71. The minimum atomic E-state index is 0.577. The second-order valence-corrected chi connectivity index (χ2v) is 4.25. The Morgan fingerprint density at radius 1 is 1.47 bits per heavy atom. The number of pyridine rings is 1. The molecule has 1 aromatic rings. The van der Waals surface area contributed by atoms with Crippen LogP contribution in [-0.4, -0.2) is 17.6 Å². The highest BCUT2D eigenvalue weighted by molar-refractivity contribution is 5.08. The summed E-state index contributed by atoms with van der Waals surface area (Å²) in [4.78, 5) is 4.14. The lowest BCUT2D eigenvalue weighted by molar-refractivity contribution is 0.454. The van der Waals surface area contributed by atoms with E-state index in [0.717, 1.165) is 38.6 Å². The van der Waals surface area contributed by atoms with Crippen molar-refractivity contribution >= 4 is 0 Å². The van der Waals surface area contributed by atoms with Gasteiger partial charge >= 0.3 is 0 Å². The van der Waals surface area contributed by atoms with Gasteiger partial charge in [-0.25, -0.2) is 0 Å². The van der Waals surface area contributed by atoms with Gasteiger partial charge in [0.1, 0.15) is 0 Å². The topological polar surface area (TPSA) is 24.9 Å². The summed E-state index contributed by atoms with van der Waals surface area (Å²) in [5.74, 6) is 2.70. The third-order valence-electron chi connectivity index (χ3n) is 2.87. The highest BCUT2D eigenvalue weighted by Crippen LogP contribution is 2.09. The second-order valence-electron chi connectivity index (χ2n) is 4.25. The summed E-state index contributed by atoms with van der Waals surface area (Å²) in [6.45, 7) is 3.17. The summed E-state index contributed by atoms with van der Waals surface area (Å²) in [6.07, 6.45) is 14.4. The van der Waals surface area contributed by atoms with Crippen LogP contribution in [0.15, 0.2) is 24.5 Å². The number of hydrogen-bond donors (Lipinski definition) is 1. The number of aromatic nitrogens is 1. The van der Waals surface area contributed by atoms with Crippen molar-refractivity contribution in [3.8, 4) is 12.3 Å². The molecule has 0 spiro atoms. The SMILES string of the molecule is C#CCCCC(CCc1cccnc1)NCC. The molecular weight excluding hydrogens is 208 g/mol. The van der Waals surface area contributed by atoms with Crippen molar-refractivity contribution in [2.24, 2.45) is 0 Å². The van der Waals surface area contributed by atoms with E-state index in [1.165, 1.54) is 5.56 Å². The van der Waals surface area contributed by atoms with E-state index in [0.29, 0.717) is 6.04 Å². The Hall–Kier alpha value is -1.33. The maximum atomic E-state index is 5.28. The minimum Gasteiger partial charge on any atom is -0.314 e. The van der Waals surface area contributed by atoms with Crippen LogP contribution in [0.3, 0.4) is 0 Å². The summed E-state index contributed by atoms with van der Waals surface area (Å²) in [5, 5.41) is 3.52. The summed E-state index contributed by atoms with van der Waals surface area (Å²) < 4.78 is 0. The fourth-order valence-corrected chi connectivity index (χ4v) is 1.97. The molecule has 1 rings (SSSR count). The highest BCUT2D eigenvalue weighted by Gasteiger charge is 2.06. The van der Waals surface area contributed by atoms with Crippen LogP contribution in [0.4, 0.5) is 0 Å². The van der Waals surface area contributed by atoms with Crippen molar-refractivity contribution in [3.05, 3.63) is 30.1 Å². The van der Waals surface area contributed by atoms with Gasteiger partial charge < -0.3 is 5.32 Å². The van der Waals surface area contributed by atoms with Crippen LogP contribution in [0.5, 0.6) is 0 Å². The molecule has 0 saturated carbocycles. The monoisotopic (exact) mass is 230 g/mol. The number of rotatable bonds is 8. The predicted octanol–water partition coefficient (Wildman–Crippen LogP) is 2.80. The van der Waals surface area contributed by atoms with Crippen molar-refractivity contribution in [1.29, 1.82) is 0 Å². The number of hydrogen-bond acceptors (Lipinski definition) is 2. The smallest absolute Gasteiger partial charge is 0.0299 e. The van der Waals surface area contributed by atoms with Crippen LogP contribution >= 0.6 is 0 Å². The summed E-state index contributed by atoms with van der Waals surface area (Å²) >= 11 is 0. The molecule has 1 N–H and O–H groups in total. The first-order chi connectivity index (χ1) is 8.36. The zero-order chi connectivity index (χ0) is 12.3. The average molecular weight is 230 g/mol. The van der Waals surface area contributed by atoms with Gasteiger partial charge in [-0.15, -0.1) is 12.3 Å². The number of unbranched alkanes of at least 4 members (excludes halogenated alkanes) is 1. The van der Waals surface area contributed by atoms with E-state index in [1.54, 1.807) is 0 Å². The van der Waals surface area contributed by atoms with Crippen molar-refractivity contribution in [3.63, 3.8) is 0 Å². The second kappa shape index (κ2) is 8.78.